The van der Waals surface area contributed by atoms with Gasteiger partial charge >= 0.3 is 5.97 Å². The molecule has 11 heteroatoms. The third kappa shape index (κ3) is 5.16. The van der Waals surface area contributed by atoms with Crippen LogP contribution in [-0.4, -0.2) is 67.5 Å². The number of likely N-dealkylation sites (N-methyl/N-ethyl adjacent to an activating group) is 1. The fourth-order valence-electron chi connectivity index (χ4n) is 12.3. The van der Waals surface area contributed by atoms with E-state index < -0.39 is 11.6 Å². The van der Waals surface area contributed by atoms with E-state index in [2.05, 4.69) is 13.8 Å². The van der Waals surface area contributed by atoms with Crippen LogP contribution in [-0.2, 0) is 44.4 Å². The molecule has 11 nitrogen and oxygen atoms in total. The summed E-state index contributed by atoms with van der Waals surface area (Å²) in [6.07, 6.45) is 9.85. The second-order valence-electron chi connectivity index (χ2n) is 18.0. The highest BCUT2D eigenvalue weighted by Gasteiger charge is 2.60. The summed E-state index contributed by atoms with van der Waals surface area (Å²) in [5.41, 5.74) is 1.67. The number of carbonyl (C=O) groups excluding carboxylic acids is 2. The number of aromatic hydroxyl groups is 1. The molecule has 4 aliphatic carbocycles. The predicted octanol–water partition coefficient (Wildman–Crippen LogP) is 5.53. The summed E-state index contributed by atoms with van der Waals surface area (Å²) in [5, 5.41) is 33.4. The number of benzene rings is 1. The van der Waals surface area contributed by atoms with Crippen molar-refractivity contribution >= 4 is 22.8 Å². The molecule has 1 aromatic carbocycles. The minimum Gasteiger partial charge on any atom is -0.508 e. The fraction of sp³-hybridized carbons (Fsp3) is 0.628. The molecule has 288 valence electrons. The molecule has 3 aromatic rings. The van der Waals surface area contributed by atoms with Crippen molar-refractivity contribution in [3.8, 4) is 17.1 Å². The highest BCUT2D eigenvalue weighted by Crippen LogP contribution is 2.66. The molecule has 9 atom stereocenters. The van der Waals surface area contributed by atoms with E-state index in [1.54, 1.807) is 41.6 Å². The number of phenolic OH excluding ortho intramolecular Hbond substituents is 1. The lowest BCUT2D eigenvalue weighted by molar-refractivity contribution is -0.172. The lowest BCUT2D eigenvalue weighted by Crippen LogP contribution is -2.54. The Bertz CT molecular complexity index is 2130. The van der Waals surface area contributed by atoms with E-state index in [0.717, 1.165) is 44.1 Å². The van der Waals surface area contributed by atoms with Gasteiger partial charge in [0, 0.05) is 35.7 Å². The maximum absolute atomic E-state index is 13.7. The van der Waals surface area contributed by atoms with Gasteiger partial charge in [0.2, 0.25) is 5.91 Å². The molecular weight excluding hydrogens is 686 g/mol. The molecule has 0 spiro atoms. The van der Waals surface area contributed by atoms with Crippen LogP contribution in [0.2, 0.25) is 0 Å². The highest BCUT2D eigenvalue weighted by atomic mass is 16.6. The zero-order valence-electron chi connectivity index (χ0n) is 31.9. The first-order chi connectivity index (χ1) is 25.8. The van der Waals surface area contributed by atoms with Gasteiger partial charge < -0.3 is 34.3 Å². The van der Waals surface area contributed by atoms with E-state index in [4.69, 9.17) is 14.5 Å². The number of amides is 1. The molecule has 2 aliphatic heterocycles. The Hall–Kier alpha value is -3.80. The van der Waals surface area contributed by atoms with Crippen LogP contribution in [0.15, 0.2) is 29.1 Å². The van der Waals surface area contributed by atoms with Crippen LogP contribution in [0.25, 0.3) is 22.3 Å². The maximum atomic E-state index is 13.7. The number of rotatable bonds is 6. The number of aliphatic hydroxyl groups is 2. The van der Waals surface area contributed by atoms with E-state index in [0.29, 0.717) is 56.9 Å². The van der Waals surface area contributed by atoms with Crippen molar-refractivity contribution in [2.75, 3.05) is 13.7 Å². The number of fused-ring (bicyclic) bond motifs is 10. The number of nitrogens with zero attached hydrogens (tertiary/aromatic N) is 3. The summed E-state index contributed by atoms with van der Waals surface area (Å²) >= 11 is 0. The van der Waals surface area contributed by atoms with Gasteiger partial charge in [-0.2, -0.15) is 0 Å². The number of aromatic nitrogens is 2. The number of hydrogen-bond donors (Lipinski definition) is 3. The van der Waals surface area contributed by atoms with Gasteiger partial charge in [-0.1, -0.05) is 20.8 Å². The summed E-state index contributed by atoms with van der Waals surface area (Å²) in [6, 6.07) is 6.89. The van der Waals surface area contributed by atoms with Crippen LogP contribution in [0.1, 0.15) is 107 Å². The van der Waals surface area contributed by atoms with Gasteiger partial charge in [0.05, 0.1) is 41.2 Å². The second-order valence-corrected chi connectivity index (χ2v) is 18.0. The Morgan fingerprint density at radius 1 is 1.06 bits per heavy atom. The standard InChI is InChI=1S/C43H53N3O8/c1-5-43(52)32-18-34-38-23(19-46(34)39(50)29(32)21-54-40(43)51)16-27-28(35(48)10-9-33(27)44-38)20-45(4)37(49)22-53-36-11-8-30-26-7-6-24-17-25(47)12-14-41(24,2)31(26)13-15-42(30,36)3/h9-10,16,18,24-26,30-31,36,47-48,52H,5-8,11-15,17,19-22H2,1-4H3/t24-,25?,26-,30-,31-,36-,41-,42-,43-/m0/s1. The normalized spacial score (nSPS) is 35.0. The molecule has 1 unspecified atom stereocenters. The van der Waals surface area contributed by atoms with Crippen molar-refractivity contribution in [1.29, 1.82) is 0 Å². The SMILES string of the molecule is CC[C@@]1(O)C(=O)OCc2c1cc1n(c2=O)Cc2cc3c(CN(C)C(=O)CO[C@H]4CC[C@H]5[C@@H]6CC[C@H]7CC(O)CC[C@]7(C)[C@H]6CC[C@]45C)c(O)ccc3nc2-1. The Balaban J connectivity index is 0.908. The molecule has 2 aromatic heterocycles. The quantitative estimate of drug-likeness (QED) is 0.217. The molecule has 0 saturated heterocycles. The predicted molar refractivity (Wildman–Crippen MR) is 200 cm³/mol. The summed E-state index contributed by atoms with van der Waals surface area (Å²) in [5.74, 6) is 1.75. The van der Waals surface area contributed by atoms with Crippen LogP contribution in [0, 0.1) is 34.5 Å². The molecule has 4 fully saturated rings. The molecule has 0 bridgehead atoms. The topological polar surface area (TPSA) is 151 Å². The summed E-state index contributed by atoms with van der Waals surface area (Å²) in [4.78, 5) is 46.4. The minimum absolute atomic E-state index is 0.0202. The van der Waals surface area contributed by atoms with Crippen LogP contribution in [0.4, 0.5) is 0 Å². The van der Waals surface area contributed by atoms with E-state index in [1.165, 1.54) is 19.3 Å². The lowest BCUT2D eigenvalue weighted by atomic mass is 9.45. The van der Waals surface area contributed by atoms with Crippen molar-refractivity contribution in [3.63, 3.8) is 0 Å². The lowest BCUT2D eigenvalue weighted by Gasteiger charge is -2.60. The van der Waals surface area contributed by atoms with Gasteiger partial charge in [0.15, 0.2) is 5.60 Å². The average Bonchev–Trinajstić information content (AvgIpc) is 3.69. The second kappa shape index (κ2) is 12.6. The molecular formula is C43H53N3O8. The largest absolute Gasteiger partial charge is 0.508 e. The van der Waals surface area contributed by atoms with Crippen LogP contribution >= 0.6 is 0 Å². The molecule has 4 heterocycles. The van der Waals surface area contributed by atoms with Crippen molar-refractivity contribution in [3.05, 3.63) is 56.9 Å². The number of aliphatic hydroxyl groups excluding tert-OH is 1. The zero-order chi connectivity index (χ0) is 37.9. The van der Waals surface area contributed by atoms with Gasteiger partial charge in [-0.15, -0.1) is 0 Å². The summed E-state index contributed by atoms with van der Waals surface area (Å²) in [7, 11) is 1.73. The fourth-order valence-corrected chi connectivity index (χ4v) is 12.3. The first kappa shape index (κ1) is 35.9. The third-order valence-corrected chi connectivity index (χ3v) is 15.6. The van der Waals surface area contributed by atoms with Crippen LogP contribution < -0.4 is 5.56 Å². The Morgan fingerprint density at radius 3 is 2.63 bits per heavy atom. The number of esters is 1. The van der Waals surface area contributed by atoms with Crippen LogP contribution in [0.3, 0.4) is 0 Å². The molecule has 3 N–H and O–H groups in total. The molecule has 0 radical (unpaired) electrons. The molecule has 6 aliphatic rings. The zero-order valence-corrected chi connectivity index (χ0v) is 31.9. The molecule has 9 rings (SSSR count). The van der Waals surface area contributed by atoms with Crippen molar-refractivity contribution in [1.82, 2.24) is 14.5 Å². The first-order valence-electron chi connectivity index (χ1n) is 20.1. The number of carbonyl (C=O) groups is 2. The summed E-state index contributed by atoms with van der Waals surface area (Å²) in [6.45, 7) is 6.76. The van der Waals surface area contributed by atoms with E-state index >= 15 is 0 Å². The first-order valence-corrected chi connectivity index (χ1v) is 20.1. The number of hydrogen-bond acceptors (Lipinski definition) is 9. The Labute approximate surface area is 315 Å². The van der Waals surface area contributed by atoms with Gasteiger partial charge in [-0.25, -0.2) is 9.78 Å². The number of phenols is 1. The molecule has 4 saturated carbocycles. The van der Waals surface area contributed by atoms with Gasteiger partial charge in [-0.05, 0) is 123 Å². The average molecular weight is 740 g/mol. The van der Waals surface area contributed by atoms with Gasteiger partial charge in [0.1, 0.15) is 19.0 Å². The monoisotopic (exact) mass is 739 g/mol. The number of cyclic esters (lactones) is 1. The Morgan fingerprint density at radius 2 is 1.83 bits per heavy atom. The number of pyridine rings is 2. The van der Waals surface area contributed by atoms with E-state index in [1.807, 2.05) is 6.07 Å². The molecule has 1 amide bonds. The van der Waals surface area contributed by atoms with Crippen molar-refractivity contribution < 1.29 is 34.4 Å². The van der Waals surface area contributed by atoms with Crippen molar-refractivity contribution in [2.24, 2.45) is 34.5 Å². The maximum Gasteiger partial charge on any atom is 0.343 e. The molecule has 54 heavy (non-hydrogen) atoms. The van der Waals surface area contributed by atoms with E-state index in [9.17, 15) is 29.7 Å². The number of ether oxygens (including phenoxy) is 2. The van der Waals surface area contributed by atoms with Crippen LogP contribution in [0.5, 0.6) is 5.75 Å². The smallest absolute Gasteiger partial charge is 0.343 e. The van der Waals surface area contributed by atoms with E-state index in [-0.39, 0.29) is 78.7 Å². The van der Waals surface area contributed by atoms with Gasteiger partial charge in [-0.3, -0.25) is 9.59 Å². The summed E-state index contributed by atoms with van der Waals surface area (Å²) < 4.78 is 13.3. The van der Waals surface area contributed by atoms with Gasteiger partial charge in [0.25, 0.3) is 5.56 Å². The highest BCUT2D eigenvalue weighted by molar-refractivity contribution is 5.90. The Kier molecular flexibility index (Phi) is 8.38. The van der Waals surface area contributed by atoms with Crippen molar-refractivity contribution in [2.45, 2.75) is 122 Å². The minimum atomic E-state index is -1.91. The third-order valence-electron chi connectivity index (χ3n) is 15.6.